The van der Waals surface area contributed by atoms with E-state index in [0.29, 0.717) is 18.6 Å². The number of para-hydroxylation sites is 1. The maximum Gasteiger partial charge on any atom is 0.151 e. The summed E-state index contributed by atoms with van der Waals surface area (Å²) in [5.74, 6) is 0.310. The highest BCUT2D eigenvalue weighted by Crippen LogP contribution is 2.56. The third-order valence-electron chi connectivity index (χ3n) is 6.53. The summed E-state index contributed by atoms with van der Waals surface area (Å²) in [7, 11) is 0. The zero-order chi connectivity index (χ0) is 19.1. The molecule has 0 radical (unpaired) electrons. The van der Waals surface area contributed by atoms with Gasteiger partial charge in [-0.2, -0.15) is 5.26 Å². The molecule has 27 heavy (non-hydrogen) atoms. The molecule has 2 aromatic carbocycles. The molecule has 0 unspecified atom stereocenters. The summed E-state index contributed by atoms with van der Waals surface area (Å²) < 4.78 is 0. The van der Waals surface area contributed by atoms with Gasteiger partial charge in [-0.1, -0.05) is 62.4 Å². The molecule has 138 valence electrons. The van der Waals surface area contributed by atoms with E-state index in [-0.39, 0.29) is 11.5 Å². The first-order valence-corrected chi connectivity index (χ1v) is 9.82. The Labute approximate surface area is 161 Å². The Morgan fingerprint density at radius 1 is 1.11 bits per heavy atom. The molecule has 1 aliphatic heterocycles. The van der Waals surface area contributed by atoms with Gasteiger partial charge < -0.3 is 4.90 Å². The number of hydrogen-bond acceptors (Lipinski definition) is 3. The van der Waals surface area contributed by atoms with Gasteiger partial charge in [0.25, 0.3) is 0 Å². The van der Waals surface area contributed by atoms with Crippen LogP contribution in [-0.4, -0.2) is 11.8 Å². The second-order valence-electron chi connectivity index (χ2n) is 8.53. The molecule has 3 heteroatoms. The second-order valence-corrected chi connectivity index (χ2v) is 8.53. The first-order valence-electron chi connectivity index (χ1n) is 9.82. The van der Waals surface area contributed by atoms with Gasteiger partial charge in [0.2, 0.25) is 0 Å². The number of Topliss-reactive ketones (excluding diaryl/α,β-unsaturated/α-hetero) is 1. The Balaban J connectivity index is 1.85. The van der Waals surface area contributed by atoms with Crippen molar-refractivity contribution < 1.29 is 4.79 Å². The minimum absolute atomic E-state index is 0.129. The number of ketones is 1. The van der Waals surface area contributed by atoms with Gasteiger partial charge >= 0.3 is 0 Å². The highest BCUT2D eigenvalue weighted by Gasteiger charge is 2.60. The molecule has 1 saturated carbocycles. The van der Waals surface area contributed by atoms with Gasteiger partial charge in [-0.05, 0) is 36.5 Å². The molecule has 0 spiro atoms. The van der Waals surface area contributed by atoms with Crippen LogP contribution < -0.4 is 4.90 Å². The predicted molar refractivity (Wildman–Crippen MR) is 107 cm³/mol. The summed E-state index contributed by atoms with van der Waals surface area (Å²) in [6, 6.07) is 21.2. The third-order valence-corrected chi connectivity index (χ3v) is 6.53. The monoisotopic (exact) mass is 358 g/mol. The van der Waals surface area contributed by atoms with E-state index in [1.807, 2.05) is 12.1 Å². The number of fused-ring (bicyclic) bond motifs is 3. The highest BCUT2D eigenvalue weighted by atomic mass is 16.1. The van der Waals surface area contributed by atoms with E-state index in [9.17, 15) is 10.1 Å². The van der Waals surface area contributed by atoms with Crippen molar-refractivity contribution in [1.82, 2.24) is 0 Å². The largest absolute Gasteiger partial charge is 0.363 e. The Hall–Kier alpha value is -2.60. The van der Waals surface area contributed by atoms with Crippen LogP contribution in [0.15, 0.2) is 54.6 Å². The van der Waals surface area contributed by atoms with E-state index < -0.39 is 5.41 Å². The Kier molecular flexibility index (Phi) is 4.30. The van der Waals surface area contributed by atoms with E-state index in [1.165, 1.54) is 5.56 Å². The van der Waals surface area contributed by atoms with Gasteiger partial charge in [0.1, 0.15) is 0 Å². The number of nitrogens with zero attached hydrogens (tertiary/aromatic N) is 2. The van der Waals surface area contributed by atoms with Gasteiger partial charge in [-0.25, -0.2) is 0 Å². The molecule has 1 heterocycles. The van der Waals surface area contributed by atoms with Gasteiger partial charge in [0.15, 0.2) is 5.78 Å². The molecule has 2 aliphatic rings. The molecule has 4 rings (SSSR count). The van der Waals surface area contributed by atoms with E-state index >= 15 is 0 Å². The lowest BCUT2D eigenvalue weighted by Crippen LogP contribution is -2.57. The van der Waals surface area contributed by atoms with Crippen LogP contribution in [0, 0.1) is 16.7 Å². The summed E-state index contributed by atoms with van der Waals surface area (Å²) in [6.07, 6.45) is 2.89. The van der Waals surface area contributed by atoms with Crippen LogP contribution in [-0.2, 0) is 16.8 Å². The average Bonchev–Trinajstić information content (AvgIpc) is 2.95. The van der Waals surface area contributed by atoms with Crippen molar-refractivity contribution in [3.05, 3.63) is 65.7 Å². The standard InChI is InChI=1S/C24H26N2O/c1-23(2)15-13-21-24(22(23)27,14-8-16-25)19-11-6-7-12-20(19)26(21)17-18-9-4-3-5-10-18/h3-7,9-12,21H,8,13-15,17H2,1-2H3/t21-,24-/m1/s1. The van der Waals surface area contributed by atoms with Crippen molar-refractivity contribution in [1.29, 1.82) is 5.26 Å². The molecule has 0 bridgehead atoms. The number of benzene rings is 2. The molecular weight excluding hydrogens is 332 g/mol. The Bertz CT molecular complexity index is 896. The number of rotatable bonds is 4. The summed E-state index contributed by atoms with van der Waals surface area (Å²) in [5.41, 5.74) is 2.62. The van der Waals surface area contributed by atoms with Crippen LogP contribution in [0.25, 0.3) is 0 Å². The summed E-state index contributed by atoms with van der Waals surface area (Å²) in [6.45, 7) is 4.94. The summed E-state index contributed by atoms with van der Waals surface area (Å²) in [5, 5.41) is 9.30. The maximum atomic E-state index is 13.8. The van der Waals surface area contributed by atoms with Gasteiger partial charge in [-0.3, -0.25) is 4.79 Å². The van der Waals surface area contributed by atoms with Gasteiger partial charge in [-0.15, -0.1) is 0 Å². The predicted octanol–water partition coefficient (Wildman–Crippen LogP) is 5.01. The minimum atomic E-state index is -0.567. The zero-order valence-corrected chi connectivity index (χ0v) is 16.1. The van der Waals surface area contributed by atoms with Crippen LogP contribution >= 0.6 is 0 Å². The minimum Gasteiger partial charge on any atom is -0.363 e. The van der Waals surface area contributed by atoms with E-state index in [4.69, 9.17) is 0 Å². The SMILES string of the molecule is CC1(C)CC[C@H]2N(Cc3ccccc3)c3ccccc3[C@@]2(CCC#N)C1=O. The number of anilines is 1. The number of nitriles is 1. The Morgan fingerprint density at radius 3 is 2.56 bits per heavy atom. The van der Waals surface area contributed by atoms with E-state index in [2.05, 4.69) is 67.3 Å². The summed E-state index contributed by atoms with van der Waals surface area (Å²) in [4.78, 5) is 16.2. The van der Waals surface area contributed by atoms with Gasteiger partial charge in [0, 0.05) is 30.1 Å². The van der Waals surface area contributed by atoms with Crippen LogP contribution in [0.1, 0.15) is 50.7 Å². The number of carbonyl (C=O) groups is 1. The molecule has 0 amide bonds. The van der Waals surface area contributed by atoms with Crippen LogP contribution in [0.5, 0.6) is 0 Å². The molecule has 0 aromatic heterocycles. The quantitative estimate of drug-likeness (QED) is 0.772. The molecule has 0 saturated heterocycles. The topological polar surface area (TPSA) is 44.1 Å². The highest BCUT2D eigenvalue weighted by molar-refractivity contribution is 6.00. The van der Waals surface area contributed by atoms with Crippen molar-refractivity contribution >= 4 is 11.5 Å². The first-order chi connectivity index (χ1) is 13.0. The smallest absolute Gasteiger partial charge is 0.151 e. The molecule has 1 fully saturated rings. The molecule has 0 N–H and O–H groups in total. The lowest BCUT2D eigenvalue weighted by molar-refractivity contribution is -0.137. The van der Waals surface area contributed by atoms with Crippen LogP contribution in [0.2, 0.25) is 0 Å². The average molecular weight is 358 g/mol. The third kappa shape index (κ3) is 2.67. The zero-order valence-electron chi connectivity index (χ0n) is 16.1. The normalized spacial score (nSPS) is 25.6. The molecule has 2 atom stereocenters. The number of hydrogen-bond donors (Lipinski definition) is 0. The lowest BCUT2D eigenvalue weighted by Gasteiger charge is -2.47. The Morgan fingerprint density at radius 2 is 1.81 bits per heavy atom. The molecular formula is C24H26N2O. The first kappa shape index (κ1) is 17.8. The van der Waals surface area contributed by atoms with Crippen molar-refractivity contribution in [2.75, 3.05) is 4.90 Å². The molecule has 1 aliphatic carbocycles. The summed E-state index contributed by atoms with van der Waals surface area (Å²) >= 11 is 0. The van der Waals surface area contributed by atoms with Crippen LogP contribution in [0.4, 0.5) is 5.69 Å². The van der Waals surface area contributed by atoms with E-state index in [1.54, 1.807) is 0 Å². The van der Waals surface area contributed by atoms with Gasteiger partial charge in [0.05, 0.1) is 11.5 Å². The number of carbonyl (C=O) groups excluding carboxylic acids is 1. The molecule has 3 nitrogen and oxygen atoms in total. The van der Waals surface area contributed by atoms with Crippen molar-refractivity contribution in [2.45, 2.75) is 57.5 Å². The fourth-order valence-electron chi connectivity index (χ4n) is 5.25. The fourth-order valence-corrected chi connectivity index (χ4v) is 5.25. The van der Waals surface area contributed by atoms with Crippen LogP contribution in [0.3, 0.4) is 0 Å². The second kappa shape index (κ2) is 6.53. The maximum absolute atomic E-state index is 13.8. The van der Waals surface area contributed by atoms with Crippen molar-refractivity contribution in [2.24, 2.45) is 5.41 Å². The lowest BCUT2D eigenvalue weighted by atomic mass is 9.57. The van der Waals surface area contributed by atoms with Crippen molar-refractivity contribution in [3.8, 4) is 6.07 Å². The van der Waals surface area contributed by atoms with Crippen molar-refractivity contribution in [3.63, 3.8) is 0 Å². The fraction of sp³-hybridized carbons (Fsp3) is 0.417. The van der Waals surface area contributed by atoms with E-state index in [0.717, 1.165) is 30.6 Å². The molecule has 2 aromatic rings.